The smallest absolute Gasteiger partial charge is 0.155 e. The quantitative estimate of drug-likeness (QED) is 0.773. The zero-order valence-electron chi connectivity index (χ0n) is 11.5. The monoisotopic (exact) mass is 270 g/mol. The van der Waals surface area contributed by atoms with E-state index in [4.69, 9.17) is 9.47 Å². The highest BCUT2D eigenvalue weighted by atomic mass is 16.5. The molecule has 0 heterocycles. The Morgan fingerprint density at radius 2 is 1.55 bits per heavy atom. The van der Waals surface area contributed by atoms with Crippen LogP contribution in [0.25, 0.3) is 0 Å². The van der Waals surface area contributed by atoms with Crippen molar-refractivity contribution in [3.63, 3.8) is 0 Å². The first kappa shape index (κ1) is 14.3. The molecule has 3 heteroatoms. The molecule has 0 amide bonds. The highest BCUT2D eigenvalue weighted by molar-refractivity contribution is 5.76. The maximum Gasteiger partial charge on any atom is 0.155 e. The van der Waals surface area contributed by atoms with E-state index in [2.05, 4.69) is 0 Å². The van der Waals surface area contributed by atoms with Crippen molar-refractivity contribution in [3.05, 3.63) is 65.7 Å². The van der Waals surface area contributed by atoms with Gasteiger partial charge in [0.05, 0.1) is 6.61 Å². The number of carbonyl (C=O) groups is 1. The van der Waals surface area contributed by atoms with E-state index in [1.54, 1.807) is 0 Å². The average molecular weight is 270 g/mol. The number of rotatable bonds is 7. The van der Waals surface area contributed by atoms with Crippen molar-refractivity contribution < 1.29 is 14.3 Å². The van der Waals surface area contributed by atoms with Crippen molar-refractivity contribution in [3.8, 4) is 5.75 Å². The van der Waals surface area contributed by atoms with Gasteiger partial charge >= 0.3 is 0 Å². The average Bonchev–Trinajstić information content (AvgIpc) is 2.47. The summed E-state index contributed by atoms with van der Waals surface area (Å²) < 4.78 is 11.0. The molecule has 0 unspecified atom stereocenters. The van der Waals surface area contributed by atoms with Crippen LogP contribution in [0.1, 0.15) is 18.1 Å². The van der Waals surface area contributed by atoms with E-state index in [1.165, 1.54) is 6.92 Å². The van der Waals surface area contributed by atoms with Crippen LogP contribution in [0.15, 0.2) is 54.6 Å². The lowest BCUT2D eigenvalue weighted by Gasteiger charge is -2.07. The zero-order chi connectivity index (χ0) is 14.2. The Kier molecular flexibility index (Phi) is 5.33. The summed E-state index contributed by atoms with van der Waals surface area (Å²) >= 11 is 0. The minimum absolute atomic E-state index is 0.0350. The number of hydrogen-bond acceptors (Lipinski definition) is 3. The summed E-state index contributed by atoms with van der Waals surface area (Å²) in [6, 6.07) is 17.8. The molecule has 0 atom stereocenters. The Morgan fingerprint density at radius 3 is 2.20 bits per heavy atom. The van der Waals surface area contributed by atoms with Crippen LogP contribution in [-0.2, 0) is 22.7 Å². The predicted molar refractivity (Wildman–Crippen MR) is 77.6 cm³/mol. The summed E-state index contributed by atoms with van der Waals surface area (Å²) in [4.78, 5) is 10.8. The van der Waals surface area contributed by atoms with Crippen LogP contribution < -0.4 is 4.74 Å². The van der Waals surface area contributed by atoms with Crippen molar-refractivity contribution in [2.75, 3.05) is 6.61 Å². The van der Waals surface area contributed by atoms with Gasteiger partial charge in [0, 0.05) is 0 Å². The van der Waals surface area contributed by atoms with Gasteiger partial charge in [-0.05, 0) is 30.2 Å². The standard InChI is InChI=1S/C17H18O3/c1-14(18)11-19-12-16-7-9-17(10-8-16)20-13-15-5-3-2-4-6-15/h2-10H,11-13H2,1H3. The fourth-order valence-electron chi connectivity index (χ4n) is 1.74. The van der Waals surface area contributed by atoms with Gasteiger partial charge in [-0.15, -0.1) is 0 Å². The third-order valence-electron chi connectivity index (χ3n) is 2.75. The molecular formula is C17H18O3. The summed E-state index contributed by atoms with van der Waals surface area (Å²) in [5.74, 6) is 0.858. The van der Waals surface area contributed by atoms with Crippen molar-refractivity contribution in [1.82, 2.24) is 0 Å². The van der Waals surface area contributed by atoms with E-state index in [9.17, 15) is 4.79 Å². The lowest BCUT2D eigenvalue weighted by atomic mass is 10.2. The molecule has 2 aromatic rings. The van der Waals surface area contributed by atoms with Gasteiger partial charge in [-0.3, -0.25) is 4.79 Å². The second-order valence-electron chi connectivity index (χ2n) is 4.61. The number of carbonyl (C=O) groups excluding carboxylic acids is 1. The molecule has 0 aliphatic carbocycles. The fourth-order valence-corrected chi connectivity index (χ4v) is 1.74. The molecule has 2 rings (SSSR count). The highest BCUT2D eigenvalue weighted by Gasteiger charge is 1.98. The third-order valence-corrected chi connectivity index (χ3v) is 2.75. The Morgan fingerprint density at radius 1 is 0.900 bits per heavy atom. The summed E-state index contributed by atoms with van der Waals surface area (Å²) in [5.41, 5.74) is 2.17. The van der Waals surface area contributed by atoms with Crippen LogP contribution in [0, 0.1) is 0 Å². The molecular weight excluding hydrogens is 252 g/mol. The van der Waals surface area contributed by atoms with Crippen LogP contribution in [0.3, 0.4) is 0 Å². The minimum atomic E-state index is 0.0350. The van der Waals surface area contributed by atoms with Crippen LogP contribution in [0.2, 0.25) is 0 Å². The molecule has 3 nitrogen and oxygen atoms in total. The molecule has 0 bridgehead atoms. The van der Waals surface area contributed by atoms with E-state index in [0.29, 0.717) is 13.2 Å². The number of hydrogen-bond donors (Lipinski definition) is 0. The Labute approximate surface area is 119 Å². The molecule has 20 heavy (non-hydrogen) atoms. The van der Waals surface area contributed by atoms with Gasteiger partial charge in [-0.2, -0.15) is 0 Å². The van der Waals surface area contributed by atoms with Gasteiger partial charge in [0.25, 0.3) is 0 Å². The molecule has 0 aliphatic rings. The molecule has 2 aromatic carbocycles. The minimum Gasteiger partial charge on any atom is -0.489 e. The van der Waals surface area contributed by atoms with Crippen molar-refractivity contribution >= 4 is 5.78 Å². The predicted octanol–water partition coefficient (Wildman–Crippen LogP) is 3.37. The largest absolute Gasteiger partial charge is 0.489 e. The van der Waals surface area contributed by atoms with E-state index in [0.717, 1.165) is 16.9 Å². The maximum atomic E-state index is 10.8. The summed E-state index contributed by atoms with van der Waals surface area (Å²) in [7, 11) is 0. The van der Waals surface area contributed by atoms with Gasteiger partial charge in [0.15, 0.2) is 5.78 Å². The number of benzene rings is 2. The van der Waals surface area contributed by atoms with Crippen molar-refractivity contribution in [2.45, 2.75) is 20.1 Å². The van der Waals surface area contributed by atoms with E-state index in [1.807, 2.05) is 54.6 Å². The van der Waals surface area contributed by atoms with Crippen LogP contribution in [0.4, 0.5) is 0 Å². The normalized spacial score (nSPS) is 10.2. The molecule has 0 aliphatic heterocycles. The summed E-state index contributed by atoms with van der Waals surface area (Å²) in [6.45, 7) is 2.67. The molecule has 0 spiro atoms. The zero-order valence-corrected chi connectivity index (χ0v) is 11.5. The first-order valence-electron chi connectivity index (χ1n) is 6.57. The Hall–Kier alpha value is -2.13. The van der Waals surface area contributed by atoms with Gasteiger partial charge in [-0.25, -0.2) is 0 Å². The van der Waals surface area contributed by atoms with Crippen LogP contribution in [0.5, 0.6) is 5.75 Å². The lowest BCUT2D eigenvalue weighted by Crippen LogP contribution is -2.03. The maximum absolute atomic E-state index is 10.8. The van der Waals surface area contributed by atoms with E-state index < -0.39 is 0 Å². The number of Topliss-reactive ketones (excluding diaryl/α,β-unsaturated/α-hetero) is 1. The number of ether oxygens (including phenoxy) is 2. The van der Waals surface area contributed by atoms with E-state index >= 15 is 0 Å². The third kappa shape index (κ3) is 4.86. The Bertz CT molecular complexity index is 532. The lowest BCUT2D eigenvalue weighted by molar-refractivity contribution is -0.121. The molecule has 0 N–H and O–H groups in total. The summed E-state index contributed by atoms with van der Waals surface area (Å²) in [5, 5.41) is 0. The topological polar surface area (TPSA) is 35.5 Å². The highest BCUT2D eigenvalue weighted by Crippen LogP contribution is 2.14. The molecule has 0 saturated heterocycles. The van der Waals surface area contributed by atoms with E-state index in [-0.39, 0.29) is 12.4 Å². The first-order chi connectivity index (χ1) is 9.74. The SMILES string of the molecule is CC(=O)COCc1ccc(OCc2ccccc2)cc1. The fraction of sp³-hybridized carbons (Fsp3) is 0.235. The first-order valence-corrected chi connectivity index (χ1v) is 6.57. The van der Waals surface area contributed by atoms with Crippen LogP contribution in [-0.4, -0.2) is 12.4 Å². The van der Waals surface area contributed by atoms with Gasteiger partial charge in [-0.1, -0.05) is 42.5 Å². The molecule has 0 fully saturated rings. The second kappa shape index (κ2) is 7.46. The van der Waals surface area contributed by atoms with Crippen molar-refractivity contribution in [1.29, 1.82) is 0 Å². The van der Waals surface area contributed by atoms with Gasteiger partial charge < -0.3 is 9.47 Å². The van der Waals surface area contributed by atoms with Gasteiger partial charge in [0.2, 0.25) is 0 Å². The van der Waals surface area contributed by atoms with Gasteiger partial charge in [0.1, 0.15) is 19.0 Å². The van der Waals surface area contributed by atoms with Crippen molar-refractivity contribution in [2.24, 2.45) is 0 Å². The Balaban J connectivity index is 1.81. The molecule has 0 aromatic heterocycles. The second-order valence-corrected chi connectivity index (χ2v) is 4.61. The number of ketones is 1. The molecule has 0 radical (unpaired) electrons. The summed E-state index contributed by atoms with van der Waals surface area (Å²) in [6.07, 6.45) is 0. The molecule has 104 valence electrons. The van der Waals surface area contributed by atoms with Crippen LogP contribution >= 0.6 is 0 Å². The molecule has 0 saturated carbocycles.